The van der Waals surface area contributed by atoms with Gasteiger partial charge in [-0.25, -0.2) is 0 Å². The fraction of sp³-hybridized carbons (Fsp3) is 0.600. The number of hydrogen-bond acceptors (Lipinski definition) is 5. The lowest BCUT2D eigenvalue weighted by molar-refractivity contribution is -0.384. The van der Waals surface area contributed by atoms with Crippen LogP contribution in [-0.2, 0) is 6.54 Å². The number of nitro benzene ring substituents is 1. The van der Waals surface area contributed by atoms with Gasteiger partial charge in [-0.2, -0.15) is 0 Å². The fourth-order valence-electron chi connectivity index (χ4n) is 3.04. The second-order valence-corrected chi connectivity index (χ2v) is 5.88. The van der Waals surface area contributed by atoms with Crippen molar-refractivity contribution in [1.82, 2.24) is 9.80 Å². The van der Waals surface area contributed by atoms with Gasteiger partial charge >= 0.3 is 0 Å². The zero-order valence-corrected chi connectivity index (χ0v) is 13.2. The molecule has 1 heterocycles. The summed E-state index contributed by atoms with van der Waals surface area (Å²) in [6.45, 7) is 7.13. The monoisotopic (exact) mass is 292 g/mol. The van der Waals surface area contributed by atoms with Crippen molar-refractivity contribution in [1.29, 1.82) is 0 Å². The molecule has 2 rings (SSSR count). The van der Waals surface area contributed by atoms with Crippen molar-refractivity contribution in [3.05, 3.63) is 33.9 Å². The highest BCUT2D eigenvalue weighted by Gasteiger charge is 2.27. The van der Waals surface area contributed by atoms with Gasteiger partial charge in [0.25, 0.3) is 5.69 Å². The molecular weight excluding hydrogens is 268 g/mol. The van der Waals surface area contributed by atoms with Crippen molar-refractivity contribution in [2.75, 3.05) is 32.5 Å². The molecule has 1 aliphatic heterocycles. The summed E-state index contributed by atoms with van der Waals surface area (Å²) in [4.78, 5) is 15.5. The molecule has 6 nitrogen and oxygen atoms in total. The number of para-hydroxylation sites is 1. The standard InChI is InChI=1S/C15H24N4O2/c1-11-8-18(9-12(2)17(11)4)10-13-6-5-7-14(19(20)21)15(13)16-3/h5-7,11-12,16H,8-10H2,1-4H3. The summed E-state index contributed by atoms with van der Waals surface area (Å²) >= 11 is 0. The highest BCUT2D eigenvalue weighted by molar-refractivity contribution is 5.66. The average Bonchev–Trinajstić information content (AvgIpc) is 2.44. The SMILES string of the molecule is CNc1c(CN2CC(C)N(C)C(C)C2)cccc1[N+](=O)[O-]. The summed E-state index contributed by atoms with van der Waals surface area (Å²) < 4.78 is 0. The molecule has 6 heteroatoms. The van der Waals surface area contributed by atoms with E-state index in [-0.39, 0.29) is 10.6 Å². The van der Waals surface area contributed by atoms with E-state index in [9.17, 15) is 10.1 Å². The maximum atomic E-state index is 11.1. The third-order valence-electron chi connectivity index (χ3n) is 4.40. The number of benzene rings is 1. The number of rotatable bonds is 4. The van der Waals surface area contributed by atoms with Crippen LogP contribution in [0, 0.1) is 10.1 Å². The molecule has 0 bridgehead atoms. The number of nitrogens with one attached hydrogen (secondary N) is 1. The Hall–Kier alpha value is -1.66. The van der Waals surface area contributed by atoms with Gasteiger partial charge in [0.2, 0.25) is 0 Å². The van der Waals surface area contributed by atoms with E-state index in [0.717, 1.165) is 25.2 Å². The van der Waals surface area contributed by atoms with Crippen LogP contribution in [0.15, 0.2) is 18.2 Å². The maximum absolute atomic E-state index is 11.1. The number of likely N-dealkylation sites (N-methyl/N-ethyl adjacent to an activating group) is 1. The number of nitro groups is 1. The lowest BCUT2D eigenvalue weighted by atomic mass is 10.1. The van der Waals surface area contributed by atoms with E-state index in [2.05, 4.69) is 36.0 Å². The molecule has 0 aromatic heterocycles. The van der Waals surface area contributed by atoms with Gasteiger partial charge in [0.05, 0.1) is 4.92 Å². The lowest BCUT2D eigenvalue weighted by Gasteiger charge is -2.42. The minimum absolute atomic E-state index is 0.144. The second kappa shape index (κ2) is 6.41. The zero-order valence-electron chi connectivity index (χ0n) is 13.2. The largest absolute Gasteiger partial charge is 0.382 e. The number of piperazine rings is 1. The van der Waals surface area contributed by atoms with E-state index < -0.39 is 0 Å². The van der Waals surface area contributed by atoms with Gasteiger partial charge < -0.3 is 5.32 Å². The molecule has 0 amide bonds. The maximum Gasteiger partial charge on any atom is 0.292 e. The Kier molecular flexibility index (Phi) is 4.80. The van der Waals surface area contributed by atoms with Gasteiger partial charge in [0, 0.05) is 44.8 Å². The molecule has 0 radical (unpaired) electrons. The van der Waals surface area contributed by atoms with Gasteiger partial charge in [-0.3, -0.25) is 19.9 Å². The minimum atomic E-state index is -0.329. The molecule has 1 saturated heterocycles. The summed E-state index contributed by atoms with van der Waals surface area (Å²) in [5, 5.41) is 14.1. The Morgan fingerprint density at radius 3 is 2.48 bits per heavy atom. The van der Waals surface area contributed by atoms with Crippen molar-refractivity contribution in [3.8, 4) is 0 Å². The summed E-state index contributed by atoms with van der Waals surface area (Å²) in [7, 11) is 3.89. The molecule has 1 aromatic carbocycles. The minimum Gasteiger partial charge on any atom is -0.382 e. The third-order valence-corrected chi connectivity index (χ3v) is 4.40. The predicted octanol–water partition coefficient (Wildman–Crippen LogP) is 2.16. The Bertz CT molecular complexity index is 508. The molecule has 0 spiro atoms. The lowest BCUT2D eigenvalue weighted by Crippen LogP contribution is -2.54. The van der Waals surface area contributed by atoms with Crippen LogP contribution in [0.3, 0.4) is 0 Å². The molecule has 0 saturated carbocycles. The van der Waals surface area contributed by atoms with Crippen LogP contribution in [0.4, 0.5) is 11.4 Å². The normalized spacial score (nSPS) is 24.0. The molecule has 1 fully saturated rings. The van der Waals surface area contributed by atoms with Crippen LogP contribution in [0.2, 0.25) is 0 Å². The van der Waals surface area contributed by atoms with E-state index in [1.165, 1.54) is 0 Å². The molecule has 116 valence electrons. The van der Waals surface area contributed by atoms with Crippen LogP contribution >= 0.6 is 0 Å². The van der Waals surface area contributed by atoms with E-state index in [1.807, 2.05) is 6.07 Å². The summed E-state index contributed by atoms with van der Waals surface area (Å²) in [5.74, 6) is 0. The summed E-state index contributed by atoms with van der Waals surface area (Å²) in [5.41, 5.74) is 1.75. The van der Waals surface area contributed by atoms with E-state index >= 15 is 0 Å². The zero-order chi connectivity index (χ0) is 15.6. The quantitative estimate of drug-likeness (QED) is 0.680. The van der Waals surface area contributed by atoms with Crippen molar-refractivity contribution in [2.45, 2.75) is 32.5 Å². The molecule has 1 aliphatic rings. The first kappa shape index (κ1) is 15.7. The Morgan fingerprint density at radius 2 is 1.95 bits per heavy atom. The van der Waals surface area contributed by atoms with Gasteiger partial charge in [-0.05, 0) is 26.5 Å². The number of nitrogens with zero attached hydrogens (tertiary/aromatic N) is 3. The first-order valence-corrected chi connectivity index (χ1v) is 7.32. The first-order chi connectivity index (χ1) is 9.93. The smallest absolute Gasteiger partial charge is 0.292 e. The molecule has 1 N–H and O–H groups in total. The predicted molar refractivity (Wildman–Crippen MR) is 84.6 cm³/mol. The molecule has 2 atom stereocenters. The van der Waals surface area contributed by atoms with Gasteiger partial charge in [0.15, 0.2) is 0 Å². The van der Waals surface area contributed by atoms with Crippen LogP contribution in [0.25, 0.3) is 0 Å². The van der Waals surface area contributed by atoms with Crippen molar-refractivity contribution in [2.24, 2.45) is 0 Å². The van der Waals surface area contributed by atoms with Crippen LogP contribution in [-0.4, -0.2) is 54.0 Å². The highest BCUT2D eigenvalue weighted by Crippen LogP contribution is 2.29. The van der Waals surface area contributed by atoms with Gasteiger partial charge in [-0.15, -0.1) is 0 Å². The van der Waals surface area contributed by atoms with Crippen LogP contribution in [0.1, 0.15) is 19.4 Å². The van der Waals surface area contributed by atoms with Crippen LogP contribution < -0.4 is 5.32 Å². The second-order valence-electron chi connectivity index (χ2n) is 5.88. The van der Waals surface area contributed by atoms with Crippen molar-refractivity contribution >= 4 is 11.4 Å². The van der Waals surface area contributed by atoms with Crippen LogP contribution in [0.5, 0.6) is 0 Å². The summed E-state index contributed by atoms with van der Waals surface area (Å²) in [6, 6.07) is 6.25. The Balaban J connectivity index is 2.20. The first-order valence-electron chi connectivity index (χ1n) is 7.32. The topological polar surface area (TPSA) is 61.6 Å². The van der Waals surface area contributed by atoms with Gasteiger partial charge in [0.1, 0.15) is 5.69 Å². The molecule has 1 aromatic rings. The number of anilines is 1. The van der Waals surface area contributed by atoms with Crippen molar-refractivity contribution < 1.29 is 4.92 Å². The molecule has 0 aliphatic carbocycles. The summed E-state index contributed by atoms with van der Waals surface area (Å²) in [6.07, 6.45) is 0. The Labute approximate surface area is 125 Å². The third kappa shape index (κ3) is 3.33. The number of hydrogen-bond donors (Lipinski definition) is 1. The Morgan fingerprint density at radius 1 is 1.33 bits per heavy atom. The van der Waals surface area contributed by atoms with E-state index in [0.29, 0.717) is 17.8 Å². The highest BCUT2D eigenvalue weighted by atomic mass is 16.6. The fourth-order valence-corrected chi connectivity index (χ4v) is 3.04. The van der Waals surface area contributed by atoms with Crippen molar-refractivity contribution in [3.63, 3.8) is 0 Å². The molecular formula is C15H24N4O2. The molecule has 2 unspecified atom stereocenters. The van der Waals surface area contributed by atoms with E-state index in [1.54, 1.807) is 19.2 Å². The molecule has 21 heavy (non-hydrogen) atoms. The van der Waals surface area contributed by atoms with E-state index in [4.69, 9.17) is 0 Å². The average molecular weight is 292 g/mol. The van der Waals surface area contributed by atoms with Gasteiger partial charge in [-0.1, -0.05) is 12.1 Å².